The van der Waals surface area contributed by atoms with Crippen LogP contribution in [0.15, 0.2) is 72.3 Å². The van der Waals surface area contributed by atoms with Gasteiger partial charge in [0, 0.05) is 62.1 Å². The van der Waals surface area contributed by atoms with Crippen LogP contribution >= 0.6 is 0 Å². The number of phenols is 1. The normalized spacial score (nSPS) is 23.1. The van der Waals surface area contributed by atoms with Gasteiger partial charge in [0.25, 0.3) is 5.91 Å². The summed E-state index contributed by atoms with van der Waals surface area (Å²) in [6, 6.07) is 23.0. The third kappa shape index (κ3) is 7.65. The van der Waals surface area contributed by atoms with Crippen molar-refractivity contribution >= 4 is 34.7 Å². The molecule has 0 bridgehead atoms. The summed E-state index contributed by atoms with van der Waals surface area (Å²) in [4.78, 5) is 43.8. The molecule has 2 atom stereocenters. The molecular weight excluding hydrogens is 675 g/mol. The van der Waals surface area contributed by atoms with Gasteiger partial charge in [0.15, 0.2) is 0 Å². The van der Waals surface area contributed by atoms with Crippen LogP contribution in [-0.2, 0) is 16.1 Å². The summed E-state index contributed by atoms with van der Waals surface area (Å²) in [6.45, 7) is 7.79. The van der Waals surface area contributed by atoms with Gasteiger partial charge < -0.3 is 25.1 Å². The maximum atomic E-state index is 13.1. The van der Waals surface area contributed by atoms with Gasteiger partial charge in [0.05, 0.1) is 0 Å². The van der Waals surface area contributed by atoms with Crippen molar-refractivity contribution in [1.82, 2.24) is 15.5 Å². The van der Waals surface area contributed by atoms with E-state index < -0.39 is 6.04 Å². The number of amides is 3. The average molecular weight is 730 g/mol. The summed E-state index contributed by atoms with van der Waals surface area (Å²) < 4.78 is 0. The van der Waals surface area contributed by atoms with E-state index in [1.54, 1.807) is 10.5 Å². The first kappa shape index (κ1) is 36.4. The first-order valence-electron chi connectivity index (χ1n) is 20.5. The Kier molecular flexibility index (Phi) is 10.8. The SMILES string of the molecule is CC/C(=C(\c1ccc(O)cc1)c1ccc(N2CCC(CNC3CCN(c4ccc5c(c4)CN(C4CCC(=O)NC4=O)C5=O)C3)CC2)cc1)C1CCCCC1. The number of carbonyl (C=O) groups excluding carboxylic acids is 3. The Labute approximate surface area is 319 Å². The number of carbonyl (C=O) groups is 3. The topological polar surface area (TPSA) is 105 Å². The molecule has 3 aromatic rings. The van der Waals surface area contributed by atoms with Crippen LogP contribution in [0.5, 0.6) is 5.75 Å². The van der Waals surface area contributed by atoms with Crippen LogP contribution in [0.25, 0.3) is 5.57 Å². The van der Waals surface area contributed by atoms with Crippen molar-refractivity contribution in [2.24, 2.45) is 11.8 Å². The van der Waals surface area contributed by atoms with E-state index in [0.29, 0.717) is 42.2 Å². The Hall–Kier alpha value is -4.63. The van der Waals surface area contributed by atoms with Crippen molar-refractivity contribution in [3.63, 3.8) is 0 Å². The molecule has 3 amide bonds. The van der Waals surface area contributed by atoms with Gasteiger partial charge >= 0.3 is 0 Å². The van der Waals surface area contributed by atoms with E-state index >= 15 is 0 Å². The fourth-order valence-corrected chi connectivity index (χ4v) is 9.77. The molecule has 0 spiro atoms. The van der Waals surface area contributed by atoms with Crippen molar-refractivity contribution in [2.45, 2.75) is 96.2 Å². The van der Waals surface area contributed by atoms with Gasteiger partial charge in [0.1, 0.15) is 11.8 Å². The summed E-state index contributed by atoms with van der Waals surface area (Å²) >= 11 is 0. The van der Waals surface area contributed by atoms with Gasteiger partial charge in [-0.3, -0.25) is 19.7 Å². The predicted molar refractivity (Wildman–Crippen MR) is 213 cm³/mol. The molecule has 4 heterocycles. The van der Waals surface area contributed by atoms with Crippen molar-refractivity contribution in [2.75, 3.05) is 42.5 Å². The minimum absolute atomic E-state index is 0.123. The lowest BCUT2D eigenvalue weighted by molar-refractivity contribution is -0.136. The number of fused-ring (bicyclic) bond motifs is 1. The van der Waals surface area contributed by atoms with Gasteiger partial charge in [-0.25, -0.2) is 0 Å². The second kappa shape index (κ2) is 16.0. The van der Waals surface area contributed by atoms with Crippen LogP contribution < -0.4 is 20.4 Å². The zero-order chi connectivity index (χ0) is 37.2. The molecule has 3 N–H and O–H groups in total. The minimum atomic E-state index is -0.586. The molecule has 0 radical (unpaired) electrons. The maximum Gasteiger partial charge on any atom is 0.255 e. The van der Waals surface area contributed by atoms with Crippen LogP contribution in [0.1, 0.15) is 105 Å². The van der Waals surface area contributed by atoms with E-state index in [4.69, 9.17) is 0 Å². The Morgan fingerprint density at radius 3 is 2.19 bits per heavy atom. The van der Waals surface area contributed by atoms with Crippen LogP contribution in [0.4, 0.5) is 11.4 Å². The lowest BCUT2D eigenvalue weighted by Crippen LogP contribution is -2.52. The number of phenolic OH excluding ortho intramolecular Hbond substituents is 1. The van der Waals surface area contributed by atoms with E-state index in [-0.39, 0.29) is 24.1 Å². The maximum absolute atomic E-state index is 13.1. The number of allylic oxidation sites excluding steroid dienone is 1. The highest BCUT2D eigenvalue weighted by Crippen LogP contribution is 2.40. The molecule has 1 aliphatic carbocycles. The van der Waals surface area contributed by atoms with Crippen molar-refractivity contribution in [3.8, 4) is 5.75 Å². The molecule has 4 fully saturated rings. The first-order chi connectivity index (χ1) is 26.3. The lowest BCUT2D eigenvalue weighted by Gasteiger charge is -2.34. The zero-order valence-electron chi connectivity index (χ0n) is 31.7. The summed E-state index contributed by atoms with van der Waals surface area (Å²) in [5, 5.41) is 16.3. The Morgan fingerprint density at radius 1 is 0.796 bits per heavy atom. The summed E-state index contributed by atoms with van der Waals surface area (Å²) in [5.41, 5.74) is 9.44. The van der Waals surface area contributed by atoms with Crippen LogP contribution in [0.3, 0.4) is 0 Å². The highest BCUT2D eigenvalue weighted by Gasteiger charge is 2.39. The minimum Gasteiger partial charge on any atom is -0.508 e. The van der Waals surface area contributed by atoms with Crippen molar-refractivity contribution < 1.29 is 19.5 Å². The molecule has 9 heteroatoms. The molecule has 8 rings (SSSR count). The number of hydrogen-bond donors (Lipinski definition) is 3. The molecule has 2 unspecified atom stereocenters. The fourth-order valence-electron chi connectivity index (χ4n) is 9.77. The quantitative estimate of drug-likeness (QED) is 0.193. The van der Waals surface area contributed by atoms with Crippen LogP contribution in [0.2, 0.25) is 0 Å². The Balaban J connectivity index is 0.838. The average Bonchev–Trinajstić information content (AvgIpc) is 3.81. The molecule has 5 aliphatic rings. The lowest BCUT2D eigenvalue weighted by atomic mass is 9.78. The smallest absolute Gasteiger partial charge is 0.255 e. The Morgan fingerprint density at radius 2 is 1.48 bits per heavy atom. The summed E-state index contributed by atoms with van der Waals surface area (Å²) in [5.74, 6) is 0.845. The standard InChI is InChI=1S/C45H55N5O4/c1-2-39(31-6-4-3-5-7-31)43(33-10-15-38(51)16-11-33)32-8-12-36(13-9-32)48-23-20-30(21-24-48)27-46-35-22-25-49(29-35)37-14-17-40-34(26-37)28-50(45(40)54)41-18-19-42(52)47-44(41)53/h8-17,26,30-31,35,41,46,51H,2-7,18-25,27-29H2,1H3,(H,47,52,53)/b43-39+. The molecule has 9 nitrogen and oxygen atoms in total. The van der Waals surface area contributed by atoms with E-state index in [9.17, 15) is 19.5 Å². The number of nitrogens with zero attached hydrogens (tertiary/aromatic N) is 3. The number of aromatic hydroxyl groups is 1. The zero-order valence-corrected chi connectivity index (χ0v) is 31.7. The van der Waals surface area contributed by atoms with Gasteiger partial charge in [0.2, 0.25) is 11.8 Å². The second-order valence-corrected chi connectivity index (χ2v) is 16.2. The number of hydrogen-bond acceptors (Lipinski definition) is 7. The monoisotopic (exact) mass is 729 g/mol. The highest BCUT2D eigenvalue weighted by molar-refractivity contribution is 6.05. The van der Waals surface area contributed by atoms with Crippen molar-refractivity contribution in [1.29, 1.82) is 0 Å². The van der Waals surface area contributed by atoms with E-state index in [0.717, 1.165) is 56.8 Å². The van der Waals surface area contributed by atoms with E-state index in [2.05, 4.69) is 69.8 Å². The highest BCUT2D eigenvalue weighted by atomic mass is 16.3. The number of anilines is 2. The summed E-state index contributed by atoms with van der Waals surface area (Å²) in [7, 11) is 0. The van der Waals surface area contributed by atoms with E-state index in [1.807, 2.05) is 24.3 Å². The molecule has 1 saturated carbocycles. The first-order valence-corrected chi connectivity index (χ1v) is 20.5. The third-order valence-electron chi connectivity index (χ3n) is 12.8. The molecule has 4 aliphatic heterocycles. The van der Waals surface area contributed by atoms with Crippen molar-refractivity contribution in [3.05, 3.63) is 94.6 Å². The number of nitrogens with one attached hydrogen (secondary N) is 2. The number of imide groups is 1. The summed E-state index contributed by atoms with van der Waals surface area (Å²) in [6.07, 6.45) is 11.7. The largest absolute Gasteiger partial charge is 0.508 e. The molecule has 284 valence electrons. The molecule has 54 heavy (non-hydrogen) atoms. The molecule has 0 aromatic heterocycles. The van der Waals surface area contributed by atoms with Crippen LogP contribution in [0, 0.1) is 11.8 Å². The number of rotatable bonds is 10. The van der Waals surface area contributed by atoms with Gasteiger partial charge in [-0.1, -0.05) is 56.0 Å². The predicted octanol–water partition coefficient (Wildman–Crippen LogP) is 7.03. The second-order valence-electron chi connectivity index (χ2n) is 16.2. The molecular formula is C45H55N5O4. The van der Waals surface area contributed by atoms with Crippen LogP contribution in [-0.4, -0.2) is 72.5 Å². The third-order valence-corrected chi connectivity index (χ3v) is 12.8. The van der Waals surface area contributed by atoms with Gasteiger partial charge in [-0.15, -0.1) is 0 Å². The number of benzene rings is 3. The molecule has 3 saturated heterocycles. The van der Waals surface area contributed by atoms with Gasteiger partial charge in [-0.2, -0.15) is 0 Å². The number of piperidine rings is 2. The Bertz CT molecular complexity index is 1870. The van der Waals surface area contributed by atoms with Gasteiger partial charge in [-0.05, 0) is 128 Å². The molecule has 3 aromatic carbocycles. The van der Waals surface area contributed by atoms with E-state index in [1.165, 1.54) is 67.3 Å². The fraction of sp³-hybridized carbons (Fsp3) is 0.489.